The number of amides is 2. The largest absolute Gasteiger partial charge is 0.480 e. The molecule has 0 aromatic heterocycles. The number of piperidine rings is 1. The van der Waals surface area contributed by atoms with Crippen LogP contribution in [-0.2, 0) is 4.79 Å². The van der Waals surface area contributed by atoms with Gasteiger partial charge in [0.2, 0.25) is 0 Å². The van der Waals surface area contributed by atoms with Gasteiger partial charge in [-0.3, -0.25) is 9.69 Å². The number of nitrogens with one attached hydrogen (secondary N) is 1. The summed E-state index contributed by atoms with van der Waals surface area (Å²) in [5.74, 6) is 0.744. The van der Waals surface area contributed by atoms with Crippen molar-refractivity contribution in [1.82, 2.24) is 15.1 Å². The van der Waals surface area contributed by atoms with Gasteiger partial charge in [-0.05, 0) is 44.1 Å². The van der Waals surface area contributed by atoms with Gasteiger partial charge in [-0.1, -0.05) is 33.1 Å². The number of aliphatic carboxylic acids is 1. The molecule has 1 aliphatic heterocycles. The smallest absolute Gasteiger partial charge is 0.317 e. The third kappa shape index (κ3) is 6.17. The van der Waals surface area contributed by atoms with Crippen molar-refractivity contribution >= 4 is 12.0 Å². The van der Waals surface area contributed by atoms with E-state index in [4.69, 9.17) is 5.11 Å². The Morgan fingerprint density at radius 2 is 1.64 bits per heavy atom. The molecule has 2 fully saturated rings. The molecular weight excluding hydrogens is 318 g/mol. The maximum atomic E-state index is 12.4. The zero-order chi connectivity index (χ0) is 18.2. The van der Waals surface area contributed by atoms with Crippen molar-refractivity contribution in [2.24, 2.45) is 11.8 Å². The molecule has 0 bridgehead atoms. The highest BCUT2D eigenvalue weighted by Crippen LogP contribution is 2.30. The number of likely N-dealkylation sites (tertiary alicyclic amines) is 1. The lowest BCUT2D eigenvalue weighted by molar-refractivity contribution is -0.139. The lowest BCUT2D eigenvalue weighted by Crippen LogP contribution is -2.51. The van der Waals surface area contributed by atoms with Crippen LogP contribution in [0.3, 0.4) is 0 Å². The van der Waals surface area contributed by atoms with E-state index in [-0.39, 0.29) is 18.6 Å². The van der Waals surface area contributed by atoms with Gasteiger partial charge in [-0.2, -0.15) is 0 Å². The van der Waals surface area contributed by atoms with E-state index in [0.29, 0.717) is 5.92 Å². The van der Waals surface area contributed by atoms with E-state index in [1.807, 2.05) is 16.7 Å². The van der Waals surface area contributed by atoms with E-state index in [1.165, 1.54) is 32.1 Å². The minimum Gasteiger partial charge on any atom is -0.480 e. The van der Waals surface area contributed by atoms with E-state index < -0.39 is 5.97 Å². The van der Waals surface area contributed by atoms with Crippen LogP contribution in [0.15, 0.2) is 0 Å². The van der Waals surface area contributed by atoms with Crippen LogP contribution in [0, 0.1) is 11.8 Å². The fraction of sp³-hybridized carbons (Fsp3) is 0.895. The van der Waals surface area contributed by atoms with E-state index >= 15 is 0 Å². The first-order chi connectivity index (χ1) is 12.0. The van der Waals surface area contributed by atoms with Gasteiger partial charge in [0.25, 0.3) is 0 Å². The average Bonchev–Trinajstić information content (AvgIpc) is 2.64. The predicted molar refractivity (Wildman–Crippen MR) is 98.6 cm³/mol. The number of carboxylic acids is 1. The summed E-state index contributed by atoms with van der Waals surface area (Å²) in [5.41, 5.74) is 0. The zero-order valence-electron chi connectivity index (χ0n) is 15.9. The highest BCUT2D eigenvalue weighted by Gasteiger charge is 2.28. The van der Waals surface area contributed by atoms with E-state index in [0.717, 1.165) is 44.9 Å². The molecule has 1 heterocycles. The summed E-state index contributed by atoms with van der Waals surface area (Å²) in [6.07, 6.45) is 8.08. The standard InChI is InChI=1S/C19H35N3O3/c1-3-15-5-7-16(8-6-15)13-20-19(25)22-11-9-17(10-12-22)21(4-2)14-18(23)24/h15-17H,3-14H2,1-2H3,(H,20,25)(H,23,24). The number of rotatable bonds is 7. The van der Waals surface area contributed by atoms with Gasteiger partial charge in [0.05, 0.1) is 6.54 Å². The summed E-state index contributed by atoms with van der Waals surface area (Å²) in [4.78, 5) is 27.2. The molecule has 0 aromatic carbocycles. The maximum absolute atomic E-state index is 12.4. The Hall–Kier alpha value is -1.30. The third-order valence-electron chi connectivity index (χ3n) is 6.10. The number of hydrogen-bond acceptors (Lipinski definition) is 3. The maximum Gasteiger partial charge on any atom is 0.317 e. The number of nitrogens with zero attached hydrogens (tertiary/aromatic N) is 2. The fourth-order valence-electron chi connectivity index (χ4n) is 4.29. The van der Waals surface area contributed by atoms with Crippen LogP contribution in [0.2, 0.25) is 0 Å². The molecule has 0 aromatic rings. The van der Waals surface area contributed by atoms with E-state index in [2.05, 4.69) is 12.2 Å². The van der Waals surface area contributed by atoms with Crippen LogP contribution in [0.4, 0.5) is 4.79 Å². The second kappa shape index (κ2) is 10.00. The van der Waals surface area contributed by atoms with Gasteiger partial charge in [0, 0.05) is 25.7 Å². The van der Waals surface area contributed by atoms with Crippen LogP contribution < -0.4 is 5.32 Å². The molecule has 1 saturated carbocycles. The molecule has 6 nitrogen and oxygen atoms in total. The molecule has 2 rings (SSSR count). The molecule has 0 spiro atoms. The monoisotopic (exact) mass is 353 g/mol. The summed E-state index contributed by atoms with van der Waals surface area (Å²) in [6.45, 7) is 7.33. The van der Waals surface area contributed by atoms with Crippen molar-refractivity contribution in [3.63, 3.8) is 0 Å². The molecule has 6 heteroatoms. The SMILES string of the molecule is CCC1CCC(CNC(=O)N2CCC(N(CC)CC(=O)O)CC2)CC1. The number of likely N-dealkylation sites (N-methyl/N-ethyl adjacent to an activating group) is 1. The first-order valence-electron chi connectivity index (χ1n) is 10.0. The molecule has 1 aliphatic carbocycles. The van der Waals surface area contributed by atoms with Gasteiger partial charge < -0.3 is 15.3 Å². The molecule has 0 atom stereocenters. The molecule has 2 aliphatic rings. The summed E-state index contributed by atoms with van der Waals surface area (Å²) in [5, 5.41) is 12.1. The lowest BCUT2D eigenvalue weighted by Gasteiger charge is -2.37. The minimum absolute atomic E-state index is 0.0531. The van der Waals surface area contributed by atoms with Crippen LogP contribution in [-0.4, -0.2) is 65.7 Å². The number of urea groups is 1. The summed E-state index contributed by atoms with van der Waals surface area (Å²) in [7, 11) is 0. The topological polar surface area (TPSA) is 72.9 Å². The quantitative estimate of drug-likeness (QED) is 0.738. The number of hydrogen-bond donors (Lipinski definition) is 2. The molecule has 2 N–H and O–H groups in total. The van der Waals surface area contributed by atoms with Crippen molar-refractivity contribution in [1.29, 1.82) is 0 Å². The Morgan fingerprint density at radius 1 is 1.04 bits per heavy atom. The summed E-state index contributed by atoms with van der Waals surface area (Å²) in [6, 6.07) is 0.326. The van der Waals surface area contributed by atoms with Gasteiger partial charge in [0.15, 0.2) is 0 Å². The first kappa shape index (κ1) is 20.0. The molecule has 25 heavy (non-hydrogen) atoms. The third-order valence-corrected chi connectivity index (χ3v) is 6.10. The van der Waals surface area contributed by atoms with Crippen molar-refractivity contribution in [3.8, 4) is 0 Å². The lowest BCUT2D eigenvalue weighted by atomic mass is 9.81. The van der Waals surface area contributed by atoms with Crippen molar-refractivity contribution < 1.29 is 14.7 Å². The van der Waals surface area contributed by atoms with Crippen LogP contribution in [0.25, 0.3) is 0 Å². The molecule has 2 amide bonds. The Labute approximate surface area is 151 Å². The summed E-state index contributed by atoms with van der Waals surface area (Å²) < 4.78 is 0. The predicted octanol–water partition coefficient (Wildman–Crippen LogP) is 2.78. The number of carboxylic acid groups (broad SMARTS) is 1. The van der Waals surface area contributed by atoms with Crippen LogP contribution >= 0.6 is 0 Å². The summed E-state index contributed by atoms with van der Waals surface area (Å²) >= 11 is 0. The van der Waals surface area contributed by atoms with Crippen molar-refractivity contribution in [3.05, 3.63) is 0 Å². The second-order valence-electron chi connectivity index (χ2n) is 7.66. The highest BCUT2D eigenvalue weighted by molar-refractivity contribution is 5.74. The van der Waals surface area contributed by atoms with Crippen molar-refractivity contribution in [2.75, 3.05) is 32.7 Å². The number of carbonyl (C=O) groups is 2. The zero-order valence-corrected chi connectivity index (χ0v) is 15.9. The second-order valence-corrected chi connectivity index (χ2v) is 7.66. The average molecular weight is 354 g/mol. The Balaban J connectivity index is 1.68. The molecule has 0 unspecified atom stereocenters. The number of carbonyl (C=O) groups excluding carboxylic acids is 1. The van der Waals surface area contributed by atoms with Crippen molar-refractivity contribution in [2.45, 2.75) is 64.8 Å². The van der Waals surface area contributed by atoms with E-state index in [1.54, 1.807) is 0 Å². The molecular formula is C19H35N3O3. The fourth-order valence-corrected chi connectivity index (χ4v) is 4.29. The normalized spacial score (nSPS) is 25.2. The molecule has 0 radical (unpaired) electrons. The van der Waals surface area contributed by atoms with Crippen LogP contribution in [0.1, 0.15) is 58.8 Å². The van der Waals surface area contributed by atoms with Gasteiger partial charge in [-0.15, -0.1) is 0 Å². The van der Waals surface area contributed by atoms with Gasteiger partial charge in [-0.25, -0.2) is 4.79 Å². The highest BCUT2D eigenvalue weighted by atomic mass is 16.4. The van der Waals surface area contributed by atoms with Gasteiger partial charge >= 0.3 is 12.0 Å². The van der Waals surface area contributed by atoms with Gasteiger partial charge in [0.1, 0.15) is 0 Å². The Morgan fingerprint density at radius 3 is 2.16 bits per heavy atom. The minimum atomic E-state index is -0.778. The van der Waals surface area contributed by atoms with Crippen LogP contribution in [0.5, 0.6) is 0 Å². The first-order valence-corrected chi connectivity index (χ1v) is 10.0. The Kier molecular flexibility index (Phi) is 8.00. The van der Waals surface area contributed by atoms with E-state index in [9.17, 15) is 9.59 Å². The molecule has 144 valence electrons. The molecule has 1 saturated heterocycles. The Bertz CT molecular complexity index is 428.